The molecule has 10 heteroatoms. The average molecular weight is 805 g/mol. The molecule has 0 aliphatic rings. The maximum absolute atomic E-state index is 14.9. The number of aromatic nitrogens is 2. The highest BCUT2D eigenvalue weighted by Crippen LogP contribution is 2.45. The van der Waals surface area contributed by atoms with Crippen LogP contribution in [-0.4, -0.2) is 9.97 Å². The molecule has 2 heterocycles. The van der Waals surface area contributed by atoms with E-state index in [1.807, 2.05) is 48.5 Å². The second kappa shape index (κ2) is 14.8. The lowest BCUT2D eigenvalue weighted by Crippen LogP contribution is -2.25. The summed E-state index contributed by atoms with van der Waals surface area (Å²) in [5, 5.41) is 4.45. The standard InChI is InChI=1S/C48H30F4N2O2P2/c49-33-5-17-39(18-6-33)57(55,40-19-7-34(50)8-20-40)37-13-1-31(2-14-37)43-27-29-53-47-45(43)25-26-46-44(28-30-54-48(46)47)32-3-15-38(16-4-32)58(56,41-21-9-35(51)10-22-41)42-23-11-36(52)12-24-42/h1-30H. The van der Waals surface area contributed by atoms with Gasteiger partial charge in [-0.15, -0.1) is 0 Å². The summed E-state index contributed by atoms with van der Waals surface area (Å²) in [6, 6.07) is 44.7. The van der Waals surface area contributed by atoms with Crippen molar-refractivity contribution in [2.75, 3.05) is 0 Å². The normalized spacial score (nSPS) is 11.9. The minimum absolute atomic E-state index is 0.431. The van der Waals surface area contributed by atoms with Gasteiger partial charge in [-0.25, -0.2) is 17.6 Å². The van der Waals surface area contributed by atoms with Crippen LogP contribution in [0.1, 0.15) is 0 Å². The van der Waals surface area contributed by atoms with Gasteiger partial charge in [-0.3, -0.25) is 9.97 Å². The van der Waals surface area contributed by atoms with Gasteiger partial charge in [0.1, 0.15) is 23.3 Å². The number of rotatable bonds is 8. The van der Waals surface area contributed by atoms with Crippen molar-refractivity contribution in [3.63, 3.8) is 0 Å². The van der Waals surface area contributed by atoms with Crippen molar-refractivity contribution in [3.05, 3.63) is 206 Å². The Labute approximate surface area is 331 Å². The van der Waals surface area contributed by atoms with Gasteiger partial charge in [0.25, 0.3) is 0 Å². The van der Waals surface area contributed by atoms with E-state index < -0.39 is 37.6 Å². The zero-order valence-corrected chi connectivity index (χ0v) is 32.2. The smallest absolute Gasteiger partial charge is 0.171 e. The van der Waals surface area contributed by atoms with E-state index in [0.717, 1.165) is 33.0 Å². The van der Waals surface area contributed by atoms with Crippen molar-refractivity contribution < 1.29 is 26.7 Å². The van der Waals surface area contributed by atoms with Gasteiger partial charge < -0.3 is 9.13 Å². The molecule has 58 heavy (non-hydrogen) atoms. The molecule has 0 aliphatic carbocycles. The van der Waals surface area contributed by atoms with E-state index in [-0.39, 0.29) is 0 Å². The summed E-state index contributed by atoms with van der Waals surface area (Å²) in [6.45, 7) is 0. The predicted molar refractivity (Wildman–Crippen MR) is 227 cm³/mol. The van der Waals surface area contributed by atoms with E-state index in [1.165, 1.54) is 97.1 Å². The SMILES string of the molecule is O=P(c1ccc(F)cc1)(c1ccc(F)cc1)c1ccc(-c2ccnc3c2ccc2c(-c4ccc(P(=O)(c5ccc(F)cc5)c5ccc(F)cc5)cc4)ccnc23)cc1. The van der Waals surface area contributed by atoms with Crippen LogP contribution in [0.3, 0.4) is 0 Å². The Morgan fingerprint density at radius 3 is 0.810 bits per heavy atom. The Morgan fingerprint density at radius 1 is 0.310 bits per heavy atom. The van der Waals surface area contributed by atoms with Crippen molar-refractivity contribution in [1.82, 2.24) is 9.97 Å². The number of pyridine rings is 2. The Morgan fingerprint density at radius 2 is 0.552 bits per heavy atom. The van der Waals surface area contributed by atoms with Gasteiger partial charge in [-0.2, -0.15) is 0 Å². The number of fused-ring (bicyclic) bond motifs is 3. The van der Waals surface area contributed by atoms with Gasteiger partial charge >= 0.3 is 0 Å². The number of hydrogen-bond donors (Lipinski definition) is 0. The van der Waals surface area contributed by atoms with E-state index in [9.17, 15) is 26.7 Å². The molecule has 0 aliphatic heterocycles. The molecule has 0 fully saturated rings. The summed E-state index contributed by atoms with van der Waals surface area (Å²) in [5.74, 6) is -1.80. The predicted octanol–water partition coefficient (Wildman–Crippen LogP) is 9.95. The van der Waals surface area contributed by atoms with Crippen LogP contribution in [0.4, 0.5) is 17.6 Å². The van der Waals surface area contributed by atoms with Crippen molar-refractivity contribution in [2.45, 2.75) is 0 Å². The molecule has 9 rings (SSSR count). The number of halogens is 4. The first kappa shape index (κ1) is 37.1. The highest BCUT2D eigenvalue weighted by Gasteiger charge is 2.31. The largest absolute Gasteiger partial charge is 0.309 e. The minimum atomic E-state index is -3.49. The Bertz CT molecular complexity index is 2760. The Balaban J connectivity index is 1.09. The van der Waals surface area contributed by atoms with E-state index in [0.29, 0.717) is 42.9 Å². The fourth-order valence-electron chi connectivity index (χ4n) is 7.53. The van der Waals surface area contributed by atoms with Crippen molar-refractivity contribution in [1.29, 1.82) is 0 Å². The second-order valence-electron chi connectivity index (χ2n) is 13.8. The summed E-state index contributed by atoms with van der Waals surface area (Å²) < 4.78 is 85.5. The van der Waals surface area contributed by atoms with Gasteiger partial charge in [0, 0.05) is 55.0 Å². The monoisotopic (exact) mass is 804 g/mol. The summed E-state index contributed by atoms with van der Waals surface area (Å²) >= 11 is 0. The first-order chi connectivity index (χ1) is 28.1. The fourth-order valence-corrected chi connectivity index (χ4v) is 12.7. The molecule has 4 nitrogen and oxygen atoms in total. The topological polar surface area (TPSA) is 59.9 Å². The molecule has 0 N–H and O–H groups in total. The second-order valence-corrected chi connectivity index (χ2v) is 19.3. The molecule has 0 spiro atoms. The Kier molecular flexibility index (Phi) is 9.48. The maximum atomic E-state index is 14.9. The molecule has 282 valence electrons. The molecular weight excluding hydrogens is 774 g/mol. The van der Waals surface area contributed by atoms with Crippen LogP contribution in [0.15, 0.2) is 182 Å². The van der Waals surface area contributed by atoms with Crippen LogP contribution >= 0.6 is 14.3 Å². The van der Waals surface area contributed by atoms with Crippen LogP contribution in [0.25, 0.3) is 44.1 Å². The molecular formula is C48H30F4N2O2P2. The van der Waals surface area contributed by atoms with Gasteiger partial charge in [-0.1, -0.05) is 60.7 Å². The average Bonchev–Trinajstić information content (AvgIpc) is 3.26. The third kappa shape index (κ3) is 6.45. The highest BCUT2D eigenvalue weighted by molar-refractivity contribution is 7.85. The Hall–Kier alpha value is -6.46. The quantitative estimate of drug-likeness (QED) is 0.0872. The van der Waals surface area contributed by atoms with Crippen LogP contribution < -0.4 is 31.8 Å². The van der Waals surface area contributed by atoms with Gasteiger partial charge in [0.2, 0.25) is 0 Å². The van der Waals surface area contributed by atoms with Crippen molar-refractivity contribution in [3.8, 4) is 22.3 Å². The zero-order chi connectivity index (χ0) is 40.0. The maximum Gasteiger partial charge on any atom is 0.171 e. The molecule has 0 radical (unpaired) electrons. The summed E-state index contributed by atoms with van der Waals surface area (Å²) in [6.07, 6.45) is 3.44. The lowest BCUT2D eigenvalue weighted by molar-refractivity contribution is 0.591. The van der Waals surface area contributed by atoms with Crippen molar-refractivity contribution >= 4 is 67.9 Å². The van der Waals surface area contributed by atoms with E-state index in [1.54, 1.807) is 36.7 Å². The van der Waals surface area contributed by atoms with Gasteiger partial charge in [0.15, 0.2) is 14.3 Å². The van der Waals surface area contributed by atoms with Crippen LogP contribution in [0.5, 0.6) is 0 Å². The van der Waals surface area contributed by atoms with Crippen molar-refractivity contribution in [2.24, 2.45) is 0 Å². The van der Waals surface area contributed by atoms with E-state index in [2.05, 4.69) is 0 Å². The van der Waals surface area contributed by atoms with Gasteiger partial charge in [0.05, 0.1) is 11.0 Å². The van der Waals surface area contributed by atoms with Gasteiger partial charge in [-0.05, 0) is 131 Å². The third-order valence-corrected chi connectivity index (χ3v) is 16.6. The van der Waals surface area contributed by atoms with E-state index in [4.69, 9.17) is 9.97 Å². The van der Waals surface area contributed by atoms with Crippen LogP contribution in [0.2, 0.25) is 0 Å². The number of hydrogen-bond acceptors (Lipinski definition) is 4. The summed E-state index contributed by atoms with van der Waals surface area (Å²) in [7, 11) is -6.98. The molecule has 2 aromatic heterocycles. The third-order valence-electron chi connectivity index (χ3n) is 10.5. The number of benzene rings is 7. The van der Waals surface area contributed by atoms with Crippen LogP contribution in [0, 0.1) is 23.3 Å². The minimum Gasteiger partial charge on any atom is -0.309 e. The first-order valence-electron chi connectivity index (χ1n) is 18.3. The summed E-state index contributed by atoms with van der Waals surface area (Å²) in [4.78, 5) is 9.50. The summed E-state index contributed by atoms with van der Waals surface area (Å²) in [5.41, 5.74) is 4.81. The number of nitrogens with zero attached hydrogens (tertiary/aromatic N) is 2. The molecule has 0 unspecified atom stereocenters. The molecule has 0 bridgehead atoms. The lowest BCUT2D eigenvalue weighted by atomic mass is 9.96. The zero-order valence-electron chi connectivity index (χ0n) is 30.4. The van der Waals surface area contributed by atoms with E-state index >= 15 is 0 Å². The fraction of sp³-hybridized carbons (Fsp3) is 0. The molecule has 0 atom stereocenters. The highest BCUT2D eigenvalue weighted by atomic mass is 31.2. The first-order valence-corrected chi connectivity index (χ1v) is 21.7. The molecule has 0 amide bonds. The molecule has 9 aromatic rings. The molecule has 7 aromatic carbocycles. The molecule has 0 saturated carbocycles. The van der Waals surface area contributed by atoms with Crippen LogP contribution in [-0.2, 0) is 9.13 Å². The molecule has 0 saturated heterocycles. The lowest BCUT2D eigenvalue weighted by Gasteiger charge is -2.20.